The summed E-state index contributed by atoms with van der Waals surface area (Å²) in [4.78, 5) is 24.6. The second kappa shape index (κ2) is 5.86. The molecule has 1 N–H and O–H groups in total. The first-order chi connectivity index (χ1) is 10.3. The summed E-state index contributed by atoms with van der Waals surface area (Å²) >= 11 is 0. The van der Waals surface area contributed by atoms with Crippen LogP contribution in [0.1, 0.15) is 46.9 Å². The van der Waals surface area contributed by atoms with Crippen LogP contribution in [0.5, 0.6) is 5.75 Å². The molecule has 0 radical (unpaired) electrons. The van der Waals surface area contributed by atoms with Gasteiger partial charge in [0, 0.05) is 17.8 Å². The lowest BCUT2D eigenvalue weighted by Crippen LogP contribution is -2.25. The van der Waals surface area contributed by atoms with E-state index in [2.05, 4.69) is 0 Å². The Bertz CT molecular complexity index is 842. The highest BCUT2D eigenvalue weighted by atomic mass is 16.3. The lowest BCUT2D eigenvalue weighted by molar-refractivity contribution is 0.103. The summed E-state index contributed by atoms with van der Waals surface area (Å²) < 4.78 is 1.35. The number of carbonyl (C=O) groups is 1. The van der Waals surface area contributed by atoms with Gasteiger partial charge in [0.15, 0.2) is 5.78 Å². The summed E-state index contributed by atoms with van der Waals surface area (Å²) in [6.45, 7) is 5.40. The van der Waals surface area contributed by atoms with Gasteiger partial charge in [0.05, 0.1) is 5.56 Å². The molecule has 5 nitrogen and oxygen atoms in total. The number of phenols is 1. The van der Waals surface area contributed by atoms with Crippen molar-refractivity contribution >= 4 is 5.78 Å². The zero-order valence-corrected chi connectivity index (χ0v) is 12.6. The number of hydrogen-bond donors (Lipinski definition) is 1. The predicted octanol–water partition coefficient (Wildman–Crippen LogP) is 2.55. The molecule has 1 heterocycles. The van der Waals surface area contributed by atoms with Crippen LogP contribution in [-0.2, 0) is 0 Å². The predicted molar refractivity (Wildman–Crippen MR) is 82.1 cm³/mol. The second-order valence-electron chi connectivity index (χ2n) is 5.41. The van der Waals surface area contributed by atoms with Gasteiger partial charge in [-0.05, 0) is 39.0 Å². The average molecular weight is 296 g/mol. The van der Waals surface area contributed by atoms with E-state index >= 15 is 0 Å². The number of aromatic hydroxyl groups is 1. The third kappa shape index (κ3) is 2.77. The van der Waals surface area contributed by atoms with Crippen molar-refractivity contribution in [1.29, 1.82) is 5.26 Å². The molecule has 5 heteroatoms. The van der Waals surface area contributed by atoms with Crippen LogP contribution >= 0.6 is 0 Å². The van der Waals surface area contributed by atoms with Crippen molar-refractivity contribution in [3.63, 3.8) is 0 Å². The lowest BCUT2D eigenvalue weighted by atomic mass is 10.0. The molecule has 0 aliphatic carbocycles. The minimum absolute atomic E-state index is 0.0910. The van der Waals surface area contributed by atoms with E-state index in [1.165, 1.54) is 22.9 Å². The van der Waals surface area contributed by atoms with Gasteiger partial charge in [0.2, 0.25) is 0 Å². The van der Waals surface area contributed by atoms with E-state index in [4.69, 9.17) is 5.26 Å². The van der Waals surface area contributed by atoms with Crippen LogP contribution in [0.15, 0.2) is 35.3 Å². The van der Waals surface area contributed by atoms with Crippen LogP contribution in [0.2, 0.25) is 0 Å². The summed E-state index contributed by atoms with van der Waals surface area (Å²) in [6.07, 6.45) is 1.43. The molecule has 0 atom stereocenters. The van der Waals surface area contributed by atoms with Gasteiger partial charge in [0.1, 0.15) is 17.4 Å². The quantitative estimate of drug-likeness (QED) is 0.882. The molecule has 0 amide bonds. The van der Waals surface area contributed by atoms with Gasteiger partial charge in [-0.1, -0.05) is 11.6 Å². The van der Waals surface area contributed by atoms with Crippen molar-refractivity contribution in [3.8, 4) is 11.8 Å². The first kappa shape index (κ1) is 15.5. The number of rotatable bonds is 3. The zero-order chi connectivity index (χ0) is 16.4. The topological polar surface area (TPSA) is 83.1 Å². The molecule has 0 aliphatic heterocycles. The Labute approximate surface area is 128 Å². The highest BCUT2D eigenvalue weighted by molar-refractivity contribution is 6.10. The van der Waals surface area contributed by atoms with E-state index < -0.39 is 11.3 Å². The molecule has 2 aromatic rings. The van der Waals surface area contributed by atoms with Crippen molar-refractivity contribution in [2.45, 2.75) is 26.8 Å². The highest BCUT2D eigenvalue weighted by Gasteiger charge is 2.18. The number of ketones is 1. The SMILES string of the molecule is Cc1ccc(O)c(C(=O)c2cc(C#N)c(=O)n(C(C)C)c2)c1. The van der Waals surface area contributed by atoms with Gasteiger partial charge in [-0.2, -0.15) is 5.26 Å². The lowest BCUT2D eigenvalue weighted by Gasteiger charge is -2.12. The van der Waals surface area contributed by atoms with Crippen LogP contribution in [0.25, 0.3) is 0 Å². The Kier molecular flexibility index (Phi) is 4.13. The van der Waals surface area contributed by atoms with E-state index in [0.717, 1.165) is 5.56 Å². The van der Waals surface area contributed by atoms with Crippen molar-refractivity contribution in [2.24, 2.45) is 0 Å². The van der Waals surface area contributed by atoms with Crippen LogP contribution < -0.4 is 5.56 Å². The van der Waals surface area contributed by atoms with Gasteiger partial charge < -0.3 is 9.67 Å². The average Bonchev–Trinajstić information content (AvgIpc) is 2.49. The molecule has 0 unspecified atom stereocenters. The number of pyridine rings is 1. The Balaban J connectivity index is 2.65. The summed E-state index contributed by atoms with van der Waals surface area (Å²) in [5.41, 5.74) is 0.664. The first-order valence-electron chi connectivity index (χ1n) is 6.85. The molecule has 0 saturated heterocycles. The van der Waals surface area contributed by atoms with Gasteiger partial charge in [-0.25, -0.2) is 0 Å². The molecule has 0 spiro atoms. The molecule has 112 valence electrons. The Morgan fingerprint density at radius 3 is 2.59 bits per heavy atom. The van der Waals surface area contributed by atoms with Crippen molar-refractivity contribution < 1.29 is 9.90 Å². The minimum atomic E-state index is -0.428. The largest absolute Gasteiger partial charge is 0.507 e. The fraction of sp³-hybridized carbons (Fsp3) is 0.235. The number of carbonyl (C=O) groups excluding carboxylic acids is 1. The third-order valence-electron chi connectivity index (χ3n) is 3.38. The molecular weight excluding hydrogens is 280 g/mol. The summed E-state index contributed by atoms with van der Waals surface area (Å²) in [5, 5.41) is 18.9. The van der Waals surface area contributed by atoms with Gasteiger partial charge in [-0.15, -0.1) is 0 Å². The van der Waals surface area contributed by atoms with Crippen LogP contribution in [0, 0.1) is 18.3 Å². The molecule has 0 fully saturated rings. The van der Waals surface area contributed by atoms with Crippen LogP contribution in [0.3, 0.4) is 0 Å². The maximum Gasteiger partial charge on any atom is 0.268 e. The van der Waals surface area contributed by atoms with Gasteiger partial charge in [-0.3, -0.25) is 9.59 Å². The number of hydrogen-bond acceptors (Lipinski definition) is 4. The molecule has 1 aromatic carbocycles. The Morgan fingerprint density at radius 2 is 2.00 bits per heavy atom. The Morgan fingerprint density at radius 1 is 1.32 bits per heavy atom. The molecular formula is C17H16N2O3. The highest BCUT2D eigenvalue weighted by Crippen LogP contribution is 2.22. The smallest absolute Gasteiger partial charge is 0.268 e. The van der Waals surface area contributed by atoms with E-state index in [-0.39, 0.29) is 28.5 Å². The van der Waals surface area contributed by atoms with Crippen LogP contribution in [0.4, 0.5) is 0 Å². The normalized spacial score (nSPS) is 10.5. The molecule has 1 aromatic heterocycles. The van der Waals surface area contributed by atoms with Gasteiger partial charge >= 0.3 is 0 Å². The van der Waals surface area contributed by atoms with E-state index in [1.807, 2.05) is 13.0 Å². The van der Waals surface area contributed by atoms with Crippen molar-refractivity contribution in [2.75, 3.05) is 0 Å². The maximum atomic E-state index is 12.6. The minimum Gasteiger partial charge on any atom is -0.507 e. The number of nitrogens with zero attached hydrogens (tertiary/aromatic N) is 2. The molecule has 2 rings (SSSR count). The summed E-state index contributed by atoms with van der Waals surface area (Å²) in [7, 11) is 0. The van der Waals surface area contributed by atoms with Crippen LogP contribution in [-0.4, -0.2) is 15.5 Å². The standard InChI is InChI=1S/C17H16N2O3/c1-10(2)19-9-13(7-12(8-18)17(19)22)16(21)14-6-11(3)4-5-15(14)20/h4-7,9-10,20H,1-3H3. The first-order valence-corrected chi connectivity index (χ1v) is 6.85. The van der Waals surface area contributed by atoms with Crippen molar-refractivity contribution in [3.05, 3.63) is 63.1 Å². The third-order valence-corrected chi connectivity index (χ3v) is 3.38. The molecule has 22 heavy (non-hydrogen) atoms. The summed E-state index contributed by atoms with van der Waals surface area (Å²) in [5.74, 6) is -0.552. The summed E-state index contributed by atoms with van der Waals surface area (Å²) in [6, 6.07) is 7.63. The number of aromatic nitrogens is 1. The molecule has 0 aliphatic rings. The number of benzene rings is 1. The van der Waals surface area contributed by atoms with E-state index in [0.29, 0.717) is 0 Å². The molecule has 0 bridgehead atoms. The molecule has 0 saturated carbocycles. The fourth-order valence-corrected chi connectivity index (χ4v) is 2.18. The monoisotopic (exact) mass is 296 g/mol. The number of phenolic OH excluding ortho intramolecular Hbond substituents is 1. The van der Waals surface area contributed by atoms with E-state index in [9.17, 15) is 14.7 Å². The van der Waals surface area contributed by atoms with Crippen molar-refractivity contribution in [1.82, 2.24) is 4.57 Å². The number of aryl methyl sites for hydroxylation is 1. The second-order valence-corrected chi connectivity index (χ2v) is 5.41. The Hall–Kier alpha value is -2.87. The van der Waals surface area contributed by atoms with Gasteiger partial charge in [0.25, 0.3) is 5.56 Å². The fourth-order valence-electron chi connectivity index (χ4n) is 2.18. The maximum absolute atomic E-state index is 12.6. The zero-order valence-electron chi connectivity index (χ0n) is 12.6. The van der Waals surface area contributed by atoms with E-state index in [1.54, 1.807) is 26.0 Å². The number of nitriles is 1.